The molecule has 156 valence electrons. The summed E-state index contributed by atoms with van der Waals surface area (Å²) in [6, 6.07) is 20.3. The van der Waals surface area contributed by atoms with Crippen LogP contribution in [0, 0.1) is 0 Å². The number of nitrogens with one attached hydrogen (secondary N) is 2. The topological polar surface area (TPSA) is 74.6 Å². The van der Waals surface area contributed by atoms with Gasteiger partial charge in [-0.1, -0.05) is 42.5 Å². The molecule has 30 heavy (non-hydrogen) atoms. The lowest BCUT2D eigenvalue weighted by Crippen LogP contribution is -2.38. The van der Waals surface area contributed by atoms with E-state index in [1.807, 2.05) is 55.5 Å². The summed E-state index contributed by atoms with van der Waals surface area (Å²) in [6.45, 7) is 2.46. The van der Waals surface area contributed by atoms with E-state index < -0.39 is 0 Å². The highest BCUT2D eigenvalue weighted by molar-refractivity contribution is 9.10. The second-order valence-corrected chi connectivity index (χ2v) is 7.72. The third-order valence-electron chi connectivity index (χ3n) is 4.62. The van der Waals surface area contributed by atoms with E-state index in [1.165, 1.54) is 0 Å². The van der Waals surface area contributed by atoms with Gasteiger partial charge in [-0.15, -0.1) is 0 Å². The van der Waals surface area contributed by atoms with Crippen LogP contribution in [0.2, 0.25) is 0 Å². The predicted octanol–water partition coefficient (Wildman–Crippen LogP) is 5.34. The maximum Gasteiger partial charge on any atom is 0.322 e. The highest BCUT2D eigenvalue weighted by Gasteiger charge is 2.18. The van der Waals surface area contributed by atoms with Crippen LogP contribution in [0.4, 0.5) is 10.5 Å². The van der Waals surface area contributed by atoms with Crippen molar-refractivity contribution in [1.82, 2.24) is 10.2 Å². The third kappa shape index (κ3) is 6.22. The number of carbonyl (C=O) groups is 2. The van der Waals surface area contributed by atoms with E-state index in [9.17, 15) is 9.59 Å². The monoisotopic (exact) mass is 469 g/mol. The molecule has 1 atom stereocenters. The number of hydrogen-bond donors (Lipinski definition) is 2. The Kier molecular flexibility index (Phi) is 7.68. The summed E-state index contributed by atoms with van der Waals surface area (Å²) < 4.78 is 6.17. The lowest BCUT2D eigenvalue weighted by molar-refractivity contribution is -0.121. The molecule has 0 aliphatic heterocycles. The van der Waals surface area contributed by atoms with Crippen molar-refractivity contribution in [2.24, 2.45) is 0 Å². The summed E-state index contributed by atoms with van der Waals surface area (Å²) in [4.78, 5) is 26.9. The fraction of sp³-hybridized carbons (Fsp3) is 0.217. The molecule has 2 aromatic carbocycles. The van der Waals surface area contributed by atoms with Crippen LogP contribution in [0.5, 0.6) is 0 Å². The second-order valence-electron chi connectivity index (χ2n) is 6.86. The van der Waals surface area contributed by atoms with E-state index in [1.54, 1.807) is 29.4 Å². The van der Waals surface area contributed by atoms with Crippen LogP contribution in [0.3, 0.4) is 0 Å². The number of rotatable bonds is 8. The molecule has 7 heteroatoms. The molecule has 0 bridgehead atoms. The SMILES string of the molecule is CC(NC(=O)CCN(Cc1ccco1)C(=O)Nc1ccccc1Br)c1ccccc1. The Bertz CT molecular complexity index is 961. The van der Waals surface area contributed by atoms with Crippen LogP contribution >= 0.6 is 15.9 Å². The number of furan rings is 1. The van der Waals surface area contributed by atoms with Crippen molar-refractivity contribution in [2.75, 3.05) is 11.9 Å². The average molecular weight is 470 g/mol. The molecule has 3 amide bonds. The van der Waals surface area contributed by atoms with Crippen molar-refractivity contribution in [2.45, 2.75) is 25.9 Å². The molecule has 0 aliphatic rings. The first kappa shape index (κ1) is 21.6. The standard InChI is InChI=1S/C23H24BrN3O3/c1-17(18-8-3-2-4-9-18)25-22(28)13-14-27(16-19-10-7-15-30-19)23(29)26-21-12-6-5-11-20(21)24/h2-12,15,17H,13-14,16H2,1H3,(H,25,28)(H,26,29). The van der Waals surface area contributed by atoms with Gasteiger partial charge >= 0.3 is 6.03 Å². The van der Waals surface area contributed by atoms with Gasteiger partial charge < -0.3 is 20.0 Å². The zero-order valence-corrected chi connectivity index (χ0v) is 18.3. The minimum atomic E-state index is -0.304. The first-order chi connectivity index (χ1) is 14.5. The van der Waals surface area contributed by atoms with Gasteiger partial charge in [0.25, 0.3) is 0 Å². The Balaban J connectivity index is 1.61. The van der Waals surface area contributed by atoms with Gasteiger partial charge in [0, 0.05) is 17.4 Å². The minimum absolute atomic E-state index is 0.105. The van der Waals surface area contributed by atoms with Crippen LogP contribution < -0.4 is 10.6 Å². The van der Waals surface area contributed by atoms with Gasteiger partial charge in [-0.2, -0.15) is 0 Å². The Labute approximate surface area is 184 Å². The van der Waals surface area contributed by atoms with Gasteiger partial charge in [0.1, 0.15) is 5.76 Å². The molecular weight excluding hydrogens is 446 g/mol. The fourth-order valence-electron chi connectivity index (χ4n) is 2.98. The zero-order chi connectivity index (χ0) is 21.3. The molecule has 0 aliphatic carbocycles. The summed E-state index contributed by atoms with van der Waals surface area (Å²) >= 11 is 3.43. The fourth-order valence-corrected chi connectivity index (χ4v) is 3.36. The molecule has 1 unspecified atom stereocenters. The molecular formula is C23H24BrN3O3. The van der Waals surface area contributed by atoms with Gasteiger partial charge in [-0.3, -0.25) is 4.79 Å². The number of para-hydroxylation sites is 1. The Morgan fingerprint density at radius 3 is 2.47 bits per heavy atom. The first-order valence-electron chi connectivity index (χ1n) is 9.70. The number of urea groups is 1. The predicted molar refractivity (Wildman–Crippen MR) is 120 cm³/mol. The maximum atomic E-state index is 12.9. The maximum absolute atomic E-state index is 12.9. The molecule has 3 rings (SSSR count). The summed E-state index contributed by atoms with van der Waals surface area (Å²) in [6.07, 6.45) is 1.74. The highest BCUT2D eigenvalue weighted by Crippen LogP contribution is 2.22. The van der Waals surface area contributed by atoms with Crippen LogP contribution in [-0.2, 0) is 11.3 Å². The molecule has 6 nitrogen and oxygen atoms in total. The van der Waals surface area contributed by atoms with Crippen LogP contribution in [0.15, 0.2) is 81.9 Å². The molecule has 0 saturated heterocycles. The van der Waals surface area contributed by atoms with Crippen molar-refractivity contribution in [3.63, 3.8) is 0 Å². The smallest absolute Gasteiger partial charge is 0.322 e. The second kappa shape index (κ2) is 10.6. The Morgan fingerprint density at radius 1 is 1.03 bits per heavy atom. The Morgan fingerprint density at radius 2 is 1.77 bits per heavy atom. The minimum Gasteiger partial charge on any atom is -0.467 e. The van der Waals surface area contributed by atoms with Crippen LogP contribution in [0.1, 0.15) is 30.7 Å². The first-order valence-corrected chi connectivity index (χ1v) is 10.5. The molecule has 3 aromatic rings. The molecule has 1 heterocycles. The molecule has 0 fully saturated rings. The quantitative estimate of drug-likeness (QED) is 0.467. The van der Waals surface area contributed by atoms with E-state index in [0.29, 0.717) is 11.4 Å². The number of hydrogen-bond acceptors (Lipinski definition) is 3. The normalized spacial score (nSPS) is 11.5. The van der Waals surface area contributed by atoms with Crippen molar-refractivity contribution < 1.29 is 14.0 Å². The highest BCUT2D eigenvalue weighted by atomic mass is 79.9. The molecule has 2 N–H and O–H groups in total. The number of amides is 3. The molecule has 1 aromatic heterocycles. The van der Waals surface area contributed by atoms with Crippen molar-refractivity contribution in [3.05, 3.63) is 88.8 Å². The van der Waals surface area contributed by atoms with E-state index in [0.717, 1.165) is 10.0 Å². The van der Waals surface area contributed by atoms with Gasteiger partial charge in [-0.05, 0) is 52.7 Å². The molecule has 0 radical (unpaired) electrons. The molecule has 0 saturated carbocycles. The number of benzene rings is 2. The van der Waals surface area contributed by atoms with Gasteiger partial charge in [0.05, 0.1) is 24.5 Å². The van der Waals surface area contributed by atoms with E-state index >= 15 is 0 Å². The number of nitrogens with zero attached hydrogens (tertiary/aromatic N) is 1. The number of carbonyl (C=O) groups excluding carboxylic acids is 2. The van der Waals surface area contributed by atoms with Crippen molar-refractivity contribution >= 4 is 33.6 Å². The lowest BCUT2D eigenvalue weighted by atomic mass is 10.1. The third-order valence-corrected chi connectivity index (χ3v) is 5.31. The van der Waals surface area contributed by atoms with E-state index in [-0.39, 0.29) is 37.5 Å². The largest absolute Gasteiger partial charge is 0.467 e. The summed E-state index contributed by atoms with van der Waals surface area (Å²) in [5.41, 5.74) is 1.69. The van der Waals surface area contributed by atoms with Crippen LogP contribution in [0.25, 0.3) is 0 Å². The lowest BCUT2D eigenvalue weighted by Gasteiger charge is -2.23. The van der Waals surface area contributed by atoms with E-state index in [2.05, 4.69) is 26.6 Å². The van der Waals surface area contributed by atoms with Gasteiger partial charge in [0.15, 0.2) is 0 Å². The summed E-state index contributed by atoms with van der Waals surface area (Å²) in [5.74, 6) is 0.528. The summed E-state index contributed by atoms with van der Waals surface area (Å²) in [7, 11) is 0. The van der Waals surface area contributed by atoms with Gasteiger partial charge in [-0.25, -0.2) is 4.79 Å². The van der Waals surface area contributed by atoms with Crippen LogP contribution in [-0.4, -0.2) is 23.4 Å². The average Bonchev–Trinajstić information content (AvgIpc) is 3.26. The number of halogens is 1. The summed E-state index contributed by atoms with van der Waals surface area (Å²) in [5, 5.41) is 5.86. The van der Waals surface area contributed by atoms with Crippen molar-refractivity contribution in [1.29, 1.82) is 0 Å². The Hall–Kier alpha value is -3.06. The number of anilines is 1. The zero-order valence-electron chi connectivity index (χ0n) is 16.7. The molecule has 0 spiro atoms. The van der Waals surface area contributed by atoms with E-state index in [4.69, 9.17) is 4.42 Å². The van der Waals surface area contributed by atoms with Crippen molar-refractivity contribution in [3.8, 4) is 0 Å². The van der Waals surface area contributed by atoms with Gasteiger partial charge in [0.2, 0.25) is 5.91 Å².